The van der Waals surface area contributed by atoms with Gasteiger partial charge in [-0.05, 0) is 6.42 Å². The van der Waals surface area contributed by atoms with E-state index in [-0.39, 0.29) is 25.3 Å². The van der Waals surface area contributed by atoms with Crippen molar-refractivity contribution in [3.63, 3.8) is 0 Å². The average Bonchev–Trinajstić information content (AvgIpc) is 2.48. The summed E-state index contributed by atoms with van der Waals surface area (Å²) in [6.07, 6.45) is 1.45. The number of hydrogen-bond donors (Lipinski definition) is 2. The van der Waals surface area contributed by atoms with Crippen molar-refractivity contribution < 1.29 is 19.1 Å². The summed E-state index contributed by atoms with van der Waals surface area (Å²) in [7, 11) is 1.44. The van der Waals surface area contributed by atoms with E-state index >= 15 is 0 Å². The fourth-order valence-electron chi connectivity index (χ4n) is 1.57. The number of nitrogens with one attached hydrogen (secondary N) is 1. The van der Waals surface area contributed by atoms with Crippen molar-refractivity contribution in [1.82, 2.24) is 9.55 Å². The van der Waals surface area contributed by atoms with Crippen LogP contribution in [-0.2, 0) is 20.8 Å². The van der Waals surface area contributed by atoms with Crippen molar-refractivity contribution in [2.24, 2.45) is 5.73 Å². The normalized spacial score (nSPS) is 11.9. The van der Waals surface area contributed by atoms with Crippen molar-refractivity contribution in [3.8, 4) is 0 Å². The van der Waals surface area contributed by atoms with Crippen LogP contribution in [0.15, 0.2) is 15.8 Å². The van der Waals surface area contributed by atoms with Crippen molar-refractivity contribution in [2.75, 3.05) is 20.3 Å². The minimum atomic E-state index is -0.730. The number of H-pyrrole nitrogens is 1. The molecule has 1 aromatic rings. The zero-order valence-corrected chi connectivity index (χ0v) is 11.5. The van der Waals surface area contributed by atoms with Gasteiger partial charge in [0.2, 0.25) is 0 Å². The summed E-state index contributed by atoms with van der Waals surface area (Å²) >= 11 is 0. The van der Waals surface area contributed by atoms with Gasteiger partial charge in [0.25, 0.3) is 5.56 Å². The summed E-state index contributed by atoms with van der Waals surface area (Å²) in [5.74, 6) is -0.554. The van der Waals surface area contributed by atoms with E-state index in [0.29, 0.717) is 12.7 Å². The molecule has 0 spiro atoms. The minimum Gasteiger partial charge on any atom is -0.462 e. The molecular formula is C12H17N3O6. The molecule has 1 rings (SSSR count). The summed E-state index contributed by atoms with van der Waals surface area (Å²) < 4.78 is 11.1. The number of ether oxygens (including phenoxy) is 2. The molecule has 0 amide bonds. The lowest BCUT2D eigenvalue weighted by atomic mass is 10.2. The largest absolute Gasteiger partial charge is 0.462 e. The Balaban J connectivity index is 2.68. The lowest BCUT2D eigenvalue weighted by Crippen LogP contribution is -2.33. The lowest BCUT2D eigenvalue weighted by molar-refractivity contribution is -0.145. The zero-order valence-electron chi connectivity index (χ0n) is 11.5. The highest BCUT2D eigenvalue weighted by atomic mass is 16.6. The topological polar surface area (TPSA) is 133 Å². The fourth-order valence-corrected chi connectivity index (χ4v) is 1.57. The predicted octanol–water partition coefficient (Wildman–Crippen LogP) is -1.74. The highest BCUT2D eigenvalue weighted by Crippen LogP contribution is 2.00. The molecule has 0 aliphatic rings. The van der Waals surface area contributed by atoms with E-state index in [4.69, 9.17) is 15.2 Å². The molecule has 1 unspecified atom stereocenters. The minimum absolute atomic E-state index is 0.00513. The number of rotatable bonds is 8. The highest BCUT2D eigenvalue weighted by Gasteiger charge is 2.12. The second-order valence-corrected chi connectivity index (χ2v) is 4.19. The number of aryl methyl sites for hydroxylation is 1. The monoisotopic (exact) mass is 299 g/mol. The maximum absolute atomic E-state index is 11.6. The highest BCUT2D eigenvalue weighted by molar-refractivity contribution is 5.73. The van der Waals surface area contributed by atoms with Gasteiger partial charge >= 0.3 is 11.7 Å². The van der Waals surface area contributed by atoms with Gasteiger partial charge in [-0.15, -0.1) is 0 Å². The molecule has 21 heavy (non-hydrogen) atoms. The zero-order chi connectivity index (χ0) is 15.8. The van der Waals surface area contributed by atoms with Crippen LogP contribution < -0.4 is 17.0 Å². The number of methoxy groups -OCH3 is 1. The summed E-state index contributed by atoms with van der Waals surface area (Å²) in [5.41, 5.74) is 3.61. The molecule has 116 valence electrons. The molecule has 3 N–H and O–H groups in total. The van der Waals surface area contributed by atoms with Gasteiger partial charge in [0, 0.05) is 19.9 Å². The van der Waals surface area contributed by atoms with Gasteiger partial charge in [0.15, 0.2) is 6.29 Å². The Morgan fingerprint density at radius 2 is 2.24 bits per heavy atom. The van der Waals surface area contributed by atoms with E-state index in [1.807, 2.05) is 4.98 Å². The maximum Gasteiger partial charge on any atom is 0.328 e. The predicted molar refractivity (Wildman–Crippen MR) is 72.1 cm³/mol. The third-order valence-corrected chi connectivity index (χ3v) is 2.79. The van der Waals surface area contributed by atoms with E-state index in [1.165, 1.54) is 17.9 Å². The quantitative estimate of drug-likeness (QED) is 0.429. The van der Waals surface area contributed by atoms with E-state index in [2.05, 4.69) is 0 Å². The number of aromatic amines is 1. The number of nitrogens with zero attached hydrogens (tertiary/aromatic N) is 1. The van der Waals surface area contributed by atoms with Crippen LogP contribution in [0.25, 0.3) is 0 Å². The molecule has 9 nitrogen and oxygen atoms in total. The van der Waals surface area contributed by atoms with Gasteiger partial charge in [-0.3, -0.25) is 23.9 Å². The first-order valence-electron chi connectivity index (χ1n) is 6.19. The number of nitrogens with two attached hydrogens (primary N) is 1. The van der Waals surface area contributed by atoms with Crippen LogP contribution >= 0.6 is 0 Å². The van der Waals surface area contributed by atoms with Crippen LogP contribution in [0.1, 0.15) is 16.8 Å². The van der Waals surface area contributed by atoms with Gasteiger partial charge in [-0.2, -0.15) is 0 Å². The first-order valence-corrected chi connectivity index (χ1v) is 6.19. The Labute approximate surface area is 119 Å². The van der Waals surface area contributed by atoms with Gasteiger partial charge in [-0.25, -0.2) is 4.79 Å². The van der Waals surface area contributed by atoms with E-state index < -0.39 is 23.3 Å². The van der Waals surface area contributed by atoms with Crippen molar-refractivity contribution >= 4 is 12.3 Å². The molecule has 0 saturated heterocycles. The van der Waals surface area contributed by atoms with E-state index in [0.717, 1.165) is 0 Å². The van der Waals surface area contributed by atoms with Crippen LogP contribution in [0.4, 0.5) is 0 Å². The Morgan fingerprint density at radius 1 is 1.52 bits per heavy atom. The van der Waals surface area contributed by atoms with Gasteiger partial charge < -0.3 is 15.2 Å². The van der Waals surface area contributed by atoms with Gasteiger partial charge in [0.1, 0.15) is 6.61 Å². The molecule has 9 heteroatoms. The third-order valence-electron chi connectivity index (χ3n) is 2.79. The average molecular weight is 299 g/mol. The number of carbonyl (C=O) groups is 2. The lowest BCUT2D eigenvalue weighted by Gasteiger charge is -2.15. The van der Waals surface area contributed by atoms with Crippen LogP contribution in [0.3, 0.4) is 0 Å². The molecule has 1 aromatic heterocycles. The fraction of sp³-hybridized carbons (Fsp3) is 0.500. The molecule has 0 aliphatic heterocycles. The molecule has 0 aliphatic carbocycles. The molecule has 1 atom stereocenters. The third kappa shape index (κ3) is 4.97. The molecule has 0 aromatic carbocycles. The number of aldehydes is 1. The standard InChI is InChI=1S/C12H17N3O6/c1-20-9(7-21-10(17)4-13)2-3-15-5-8(6-16)11(18)14-12(15)19/h5-6,9H,2-4,7,13H2,1H3,(H,14,18,19). The Morgan fingerprint density at radius 3 is 2.81 bits per heavy atom. The van der Waals surface area contributed by atoms with Crippen LogP contribution in [0.5, 0.6) is 0 Å². The second-order valence-electron chi connectivity index (χ2n) is 4.19. The van der Waals surface area contributed by atoms with Crippen LogP contribution in [0, 0.1) is 0 Å². The first-order chi connectivity index (χ1) is 10.0. The smallest absolute Gasteiger partial charge is 0.328 e. The van der Waals surface area contributed by atoms with Gasteiger partial charge in [0.05, 0.1) is 18.2 Å². The van der Waals surface area contributed by atoms with Crippen molar-refractivity contribution in [3.05, 3.63) is 32.6 Å². The molecule has 0 saturated carbocycles. The molecule has 0 fully saturated rings. The SMILES string of the molecule is COC(CCn1cc(C=O)c(=O)[nH]c1=O)COC(=O)CN. The molecule has 0 radical (unpaired) electrons. The molecular weight excluding hydrogens is 282 g/mol. The molecule has 0 bridgehead atoms. The number of carbonyl (C=O) groups excluding carboxylic acids is 2. The van der Waals surface area contributed by atoms with Crippen LogP contribution in [-0.4, -0.2) is 48.2 Å². The Hall–Kier alpha value is -2.26. The summed E-state index contributed by atoms with van der Waals surface area (Å²) in [6.45, 7) is -0.0289. The van der Waals surface area contributed by atoms with Crippen LogP contribution in [0.2, 0.25) is 0 Å². The van der Waals surface area contributed by atoms with E-state index in [9.17, 15) is 19.2 Å². The molecule has 1 heterocycles. The Kier molecular flexibility index (Phi) is 6.50. The summed E-state index contributed by atoms with van der Waals surface area (Å²) in [4.78, 5) is 46.5. The second kappa shape index (κ2) is 8.12. The first kappa shape index (κ1) is 16.8. The maximum atomic E-state index is 11.6. The number of hydrogen-bond acceptors (Lipinski definition) is 7. The van der Waals surface area contributed by atoms with E-state index in [1.54, 1.807) is 0 Å². The summed E-state index contributed by atoms with van der Waals surface area (Å²) in [5, 5.41) is 0. The van der Waals surface area contributed by atoms with Crippen molar-refractivity contribution in [2.45, 2.75) is 19.1 Å². The summed E-state index contributed by atoms with van der Waals surface area (Å²) in [6, 6.07) is 0. The number of aromatic nitrogens is 2. The van der Waals surface area contributed by atoms with Crippen molar-refractivity contribution in [1.29, 1.82) is 0 Å². The Bertz CT molecular complexity index is 606. The number of esters is 1. The van der Waals surface area contributed by atoms with Gasteiger partial charge in [-0.1, -0.05) is 0 Å².